The number of nitrogens with zero attached hydrogens (tertiary/aromatic N) is 1. The van der Waals surface area contributed by atoms with Gasteiger partial charge in [-0.05, 0) is 27.2 Å². The fraction of sp³-hybridized carbons (Fsp3) is 1.00. The molecule has 1 rings (SSSR count). The van der Waals surface area contributed by atoms with E-state index in [0.29, 0.717) is 12.2 Å². The highest BCUT2D eigenvalue weighted by Crippen LogP contribution is 2.15. The molecule has 1 aliphatic rings. The lowest BCUT2D eigenvalue weighted by Crippen LogP contribution is -2.49. The fourth-order valence-electron chi connectivity index (χ4n) is 2.18. The zero-order chi connectivity index (χ0) is 9.84. The lowest BCUT2D eigenvalue weighted by Gasteiger charge is -2.38. The molecule has 0 aromatic rings. The van der Waals surface area contributed by atoms with Gasteiger partial charge in [0.25, 0.3) is 0 Å². The van der Waals surface area contributed by atoms with Crippen LogP contribution in [0.3, 0.4) is 0 Å². The summed E-state index contributed by atoms with van der Waals surface area (Å²) in [7, 11) is 0. The Hall–Kier alpha value is -0.0800. The molecular weight excluding hydrogens is 162 g/mol. The summed E-state index contributed by atoms with van der Waals surface area (Å²) in [5.74, 6) is 0. The van der Waals surface area contributed by atoms with Crippen LogP contribution >= 0.6 is 0 Å². The molecule has 0 bridgehead atoms. The minimum Gasteiger partial charge on any atom is -0.373 e. The van der Waals surface area contributed by atoms with Crippen LogP contribution in [0.5, 0.6) is 0 Å². The first-order valence-corrected chi connectivity index (χ1v) is 5.53. The Morgan fingerprint density at radius 2 is 1.85 bits per heavy atom. The number of ether oxygens (including phenoxy) is 1. The topological polar surface area (TPSA) is 12.5 Å². The van der Waals surface area contributed by atoms with Crippen molar-refractivity contribution in [2.75, 3.05) is 13.1 Å². The third-order valence-electron chi connectivity index (χ3n) is 2.78. The SMILES string of the molecule is CCC[C@H](C)N1C[C@H](C)O[C@@H](C)C1. The molecule has 0 saturated carbocycles. The Labute approximate surface area is 82.3 Å². The van der Waals surface area contributed by atoms with Crippen molar-refractivity contribution in [2.45, 2.75) is 58.8 Å². The molecule has 1 heterocycles. The normalized spacial score (nSPS) is 33.2. The van der Waals surface area contributed by atoms with Gasteiger partial charge in [0.05, 0.1) is 12.2 Å². The summed E-state index contributed by atoms with van der Waals surface area (Å²) >= 11 is 0. The Bertz CT molecular complexity index is 139. The molecule has 13 heavy (non-hydrogen) atoms. The lowest BCUT2D eigenvalue weighted by atomic mass is 10.1. The highest BCUT2D eigenvalue weighted by molar-refractivity contribution is 4.77. The second-order valence-electron chi connectivity index (χ2n) is 4.35. The number of morpholine rings is 1. The highest BCUT2D eigenvalue weighted by atomic mass is 16.5. The Balaban J connectivity index is 2.40. The van der Waals surface area contributed by atoms with Gasteiger partial charge in [-0.25, -0.2) is 0 Å². The maximum atomic E-state index is 5.70. The van der Waals surface area contributed by atoms with E-state index in [0.717, 1.165) is 19.1 Å². The van der Waals surface area contributed by atoms with E-state index in [4.69, 9.17) is 4.74 Å². The van der Waals surface area contributed by atoms with Crippen LogP contribution in [-0.4, -0.2) is 36.2 Å². The minimum absolute atomic E-state index is 0.406. The van der Waals surface area contributed by atoms with Gasteiger partial charge < -0.3 is 4.74 Å². The molecule has 1 saturated heterocycles. The van der Waals surface area contributed by atoms with Gasteiger partial charge in [-0.15, -0.1) is 0 Å². The van der Waals surface area contributed by atoms with Crippen LogP contribution in [0.2, 0.25) is 0 Å². The van der Waals surface area contributed by atoms with Crippen molar-refractivity contribution in [3.05, 3.63) is 0 Å². The molecular formula is C11H23NO. The molecule has 0 amide bonds. The van der Waals surface area contributed by atoms with Crippen molar-refractivity contribution >= 4 is 0 Å². The zero-order valence-corrected chi connectivity index (χ0v) is 9.42. The summed E-state index contributed by atoms with van der Waals surface area (Å²) in [6, 6.07) is 0.721. The quantitative estimate of drug-likeness (QED) is 0.669. The zero-order valence-electron chi connectivity index (χ0n) is 9.42. The molecule has 0 N–H and O–H groups in total. The van der Waals surface area contributed by atoms with Gasteiger partial charge in [0.2, 0.25) is 0 Å². The molecule has 0 spiro atoms. The maximum Gasteiger partial charge on any atom is 0.0678 e. The standard InChI is InChI=1S/C11H23NO/c1-5-6-9(2)12-7-10(3)13-11(4)8-12/h9-11H,5-8H2,1-4H3/t9-,10-,11-/m0/s1. The van der Waals surface area contributed by atoms with Crippen LogP contribution in [0.25, 0.3) is 0 Å². The van der Waals surface area contributed by atoms with Crippen molar-refractivity contribution in [1.82, 2.24) is 4.90 Å². The van der Waals surface area contributed by atoms with Crippen LogP contribution in [0, 0.1) is 0 Å². The maximum absolute atomic E-state index is 5.70. The molecule has 0 aromatic heterocycles. The first-order valence-electron chi connectivity index (χ1n) is 5.53. The molecule has 78 valence electrons. The largest absolute Gasteiger partial charge is 0.373 e. The fourth-order valence-corrected chi connectivity index (χ4v) is 2.18. The molecule has 3 atom stereocenters. The molecule has 2 heteroatoms. The summed E-state index contributed by atoms with van der Waals surface area (Å²) in [4.78, 5) is 2.56. The Morgan fingerprint density at radius 1 is 1.31 bits per heavy atom. The predicted molar refractivity (Wildman–Crippen MR) is 56.0 cm³/mol. The van der Waals surface area contributed by atoms with E-state index in [-0.39, 0.29) is 0 Å². The van der Waals surface area contributed by atoms with E-state index in [1.165, 1.54) is 12.8 Å². The van der Waals surface area contributed by atoms with E-state index < -0.39 is 0 Å². The average molecular weight is 185 g/mol. The van der Waals surface area contributed by atoms with E-state index in [1.807, 2.05) is 0 Å². The third-order valence-corrected chi connectivity index (χ3v) is 2.78. The molecule has 1 aliphatic heterocycles. The lowest BCUT2D eigenvalue weighted by molar-refractivity contribution is -0.0791. The Kier molecular flexibility index (Phi) is 4.20. The van der Waals surface area contributed by atoms with Crippen LogP contribution < -0.4 is 0 Å². The Morgan fingerprint density at radius 3 is 2.31 bits per heavy atom. The van der Waals surface area contributed by atoms with Crippen molar-refractivity contribution < 1.29 is 4.74 Å². The third kappa shape index (κ3) is 3.28. The van der Waals surface area contributed by atoms with Gasteiger partial charge in [0.15, 0.2) is 0 Å². The second kappa shape index (κ2) is 4.97. The monoisotopic (exact) mass is 185 g/mol. The van der Waals surface area contributed by atoms with Crippen molar-refractivity contribution in [2.24, 2.45) is 0 Å². The van der Waals surface area contributed by atoms with Gasteiger partial charge in [-0.2, -0.15) is 0 Å². The minimum atomic E-state index is 0.406. The molecule has 0 aliphatic carbocycles. The molecule has 0 unspecified atom stereocenters. The number of hydrogen-bond donors (Lipinski definition) is 0. The van der Waals surface area contributed by atoms with Gasteiger partial charge in [0.1, 0.15) is 0 Å². The first-order chi connectivity index (χ1) is 6.13. The van der Waals surface area contributed by atoms with Gasteiger partial charge >= 0.3 is 0 Å². The summed E-state index contributed by atoms with van der Waals surface area (Å²) in [5.41, 5.74) is 0. The van der Waals surface area contributed by atoms with E-state index in [1.54, 1.807) is 0 Å². The van der Waals surface area contributed by atoms with Crippen LogP contribution in [0.1, 0.15) is 40.5 Å². The highest BCUT2D eigenvalue weighted by Gasteiger charge is 2.24. The van der Waals surface area contributed by atoms with E-state index in [9.17, 15) is 0 Å². The van der Waals surface area contributed by atoms with Crippen LogP contribution in [0.4, 0.5) is 0 Å². The van der Waals surface area contributed by atoms with Gasteiger partial charge in [-0.1, -0.05) is 13.3 Å². The summed E-state index contributed by atoms with van der Waals surface area (Å²) < 4.78 is 5.70. The average Bonchev–Trinajstić information content (AvgIpc) is 2.03. The second-order valence-corrected chi connectivity index (χ2v) is 4.35. The number of hydrogen-bond acceptors (Lipinski definition) is 2. The van der Waals surface area contributed by atoms with E-state index in [2.05, 4.69) is 32.6 Å². The van der Waals surface area contributed by atoms with Crippen LogP contribution in [0.15, 0.2) is 0 Å². The molecule has 1 fully saturated rings. The van der Waals surface area contributed by atoms with Gasteiger partial charge in [-0.3, -0.25) is 4.90 Å². The summed E-state index contributed by atoms with van der Waals surface area (Å²) in [5, 5.41) is 0. The van der Waals surface area contributed by atoms with Gasteiger partial charge in [0, 0.05) is 19.1 Å². The van der Waals surface area contributed by atoms with Crippen molar-refractivity contribution in [1.29, 1.82) is 0 Å². The molecule has 0 radical (unpaired) electrons. The predicted octanol–water partition coefficient (Wildman–Crippen LogP) is 2.28. The van der Waals surface area contributed by atoms with Crippen molar-refractivity contribution in [3.8, 4) is 0 Å². The first kappa shape index (κ1) is 11.0. The molecule has 2 nitrogen and oxygen atoms in total. The molecule has 0 aromatic carbocycles. The summed E-state index contributed by atoms with van der Waals surface area (Å²) in [6.07, 6.45) is 3.40. The summed E-state index contributed by atoms with van der Waals surface area (Å²) in [6.45, 7) is 11.1. The van der Waals surface area contributed by atoms with Crippen molar-refractivity contribution in [3.63, 3.8) is 0 Å². The number of rotatable bonds is 3. The smallest absolute Gasteiger partial charge is 0.0678 e. The van der Waals surface area contributed by atoms with E-state index >= 15 is 0 Å². The van der Waals surface area contributed by atoms with Crippen LogP contribution in [-0.2, 0) is 4.74 Å².